The quantitative estimate of drug-likeness (QED) is 0.691. The van der Waals surface area contributed by atoms with Crippen LogP contribution in [0.3, 0.4) is 0 Å². The van der Waals surface area contributed by atoms with Crippen molar-refractivity contribution in [3.8, 4) is 10.6 Å². The van der Waals surface area contributed by atoms with Crippen LogP contribution in [0.2, 0.25) is 9.36 Å². The molecule has 2 heterocycles. The number of nitrogens with two attached hydrogens (primary N) is 1. The number of carbonyl (C=O) groups is 1. The Labute approximate surface area is 152 Å². The monoisotopic (exact) mass is 381 g/mol. The molecule has 5 nitrogen and oxygen atoms in total. The van der Waals surface area contributed by atoms with Crippen LogP contribution < -0.4 is 11.1 Å². The molecule has 0 bridgehead atoms. The fourth-order valence-corrected chi connectivity index (χ4v) is 3.48. The molecule has 0 unspecified atom stereocenters. The fourth-order valence-electron chi connectivity index (χ4n) is 2.23. The first-order valence-corrected chi connectivity index (χ1v) is 8.65. The van der Waals surface area contributed by atoms with Crippen molar-refractivity contribution in [3.05, 3.63) is 56.9 Å². The van der Waals surface area contributed by atoms with Crippen LogP contribution in [0.15, 0.2) is 40.9 Å². The van der Waals surface area contributed by atoms with Crippen molar-refractivity contribution < 1.29 is 9.32 Å². The second-order valence-electron chi connectivity index (χ2n) is 5.01. The van der Waals surface area contributed by atoms with Crippen molar-refractivity contribution in [2.75, 3.05) is 12.3 Å². The molecule has 3 N–H and O–H groups in total. The van der Waals surface area contributed by atoms with Crippen molar-refractivity contribution in [2.24, 2.45) is 0 Å². The van der Waals surface area contributed by atoms with Gasteiger partial charge >= 0.3 is 0 Å². The molecule has 0 spiro atoms. The van der Waals surface area contributed by atoms with Gasteiger partial charge in [-0.1, -0.05) is 40.5 Å². The topological polar surface area (TPSA) is 81.2 Å². The lowest BCUT2D eigenvalue weighted by Crippen LogP contribution is -2.26. The number of thiophene rings is 1. The molecule has 1 amide bonds. The van der Waals surface area contributed by atoms with Gasteiger partial charge in [-0.15, -0.1) is 11.3 Å². The van der Waals surface area contributed by atoms with Crippen molar-refractivity contribution in [3.63, 3.8) is 0 Å². The SMILES string of the molecule is Nc1onc(-c2ccc(Cl)s2)c1C(=O)NCCc1cccc(Cl)c1. The van der Waals surface area contributed by atoms with Gasteiger partial charge in [0.1, 0.15) is 11.3 Å². The van der Waals surface area contributed by atoms with Crippen LogP contribution >= 0.6 is 34.5 Å². The van der Waals surface area contributed by atoms with Crippen molar-refractivity contribution in [1.82, 2.24) is 10.5 Å². The highest BCUT2D eigenvalue weighted by atomic mass is 35.5. The lowest BCUT2D eigenvalue weighted by Gasteiger charge is -2.05. The molecule has 3 rings (SSSR count). The van der Waals surface area contributed by atoms with Gasteiger partial charge in [-0.3, -0.25) is 4.79 Å². The van der Waals surface area contributed by atoms with E-state index in [1.807, 2.05) is 18.2 Å². The summed E-state index contributed by atoms with van der Waals surface area (Å²) in [4.78, 5) is 13.2. The van der Waals surface area contributed by atoms with Crippen LogP contribution in [0, 0.1) is 0 Å². The molecule has 124 valence electrons. The third-order valence-electron chi connectivity index (χ3n) is 3.34. The Morgan fingerprint density at radius 2 is 2.12 bits per heavy atom. The molecule has 0 aliphatic rings. The van der Waals surface area contributed by atoms with Gasteiger partial charge < -0.3 is 15.6 Å². The number of anilines is 1. The van der Waals surface area contributed by atoms with Crippen molar-refractivity contribution in [1.29, 1.82) is 0 Å². The Balaban J connectivity index is 1.70. The molecule has 24 heavy (non-hydrogen) atoms. The molecule has 0 saturated heterocycles. The predicted molar refractivity (Wildman–Crippen MR) is 96.7 cm³/mol. The zero-order chi connectivity index (χ0) is 17.1. The summed E-state index contributed by atoms with van der Waals surface area (Å²) < 4.78 is 5.57. The van der Waals surface area contributed by atoms with Gasteiger partial charge in [-0.05, 0) is 36.2 Å². The molecular weight excluding hydrogens is 369 g/mol. The average molecular weight is 382 g/mol. The van der Waals surface area contributed by atoms with Gasteiger partial charge in [0.05, 0.1) is 9.21 Å². The number of hydrogen-bond donors (Lipinski definition) is 2. The zero-order valence-electron chi connectivity index (χ0n) is 12.4. The van der Waals surface area contributed by atoms with Gasteiger partial charge in [0.2, 0.25) is 5.88 Å². The summed E-state index contributed by atoms with van der Waals surface area (Å²) in [5.74, 6) is -0.356. The number of nitrogen functional groups attached to an aromatic ring is 1. The Kier molecular flexibility index (Phi) is 5.08. The maximum atomic E-state index is 12.4. The molecule has 1 aromatic carbocycles. The Morgan fingerprint density at radius 1 is 1.29 bits per heavy atom. The van der Waals surface area contributed by atoms with Crippen LogP contribution in [0.5, 0.6) is 0 Å². The lowest BCUT2D eigenvalue weighted by atomic mass is 10.1. The predicted octanol–water partition coefficient (Wildman–Crippen LogP) is 4.26. The van der Waals surface area contributed by atoms with Gasteiger partial charge in [0.15, 0.2) is 0 Å². The minimum Gasteiger partial charge on any atom is -0.367 e. The van der Waals surface area contributed by atoms with E-state index < -0.39 is 0 Å². The zero-order valence-corrected chi connectivity index (χ0v) is 14.7. The van der Waals surface area contributed by atoms with Crippen LogP contribution in [0.4, 0.5) is 5.88 Å². The minimum absolute atomic E-state index is 0.0187. The summed E-state index contributed by atoms with van der Waals surface area (Å²) >= 11 is 13.2. The minimum atomic E-state index is -0.338. The van der Waals surface area contributed by atoms with E-state index in [2.05, 4.69) is 10.5 Å². The van der Waals surface area contributed by atoms with E-state index >= 15 is 0 Å². The molecule has 3 aromatic rings. The number of halogens is 2. The second kappa shape index (κ2) is 7.25. The number of hydrogen-bond acceptors (Lipinski definition) is 5. The molecule has 0 aliphatic carbocycles. The molecule has 0 saturated carbocycles. The molecule has 0 radical (unpaired) electrons. The highest BCUT2D eigenvalue weighted by Crippen LogP contribution is 2.34. The average Bonchev–Trinajstić information content (AvgIpc) is 3.13. The molecule has 2 aromatic heterocycles. The lowest BCUT2D eigenvalue weighted by molar-refractivity contribution is 0.0955. The van der Waals surface area contributed by atoms with E-state index in [1.54, 1.807) is 18.2 Å². The van der Waals surface area contributed by atoms with E-state index in [-0.39, 0.29) is 17.4 Å². The van der Waals surface area contributed by atoms with E-state index in [9.17, 15) is 4.79 Å². The van der Waals surface area contributed by atoms with Crippen LogP contribution in [0.25, 0.3) is 10.6 Å². The maximum absolute atomic E-state index is 12.4. The Bertz CT molecular complexity index is 876. The summed E-state index contributed by atoms with van der Waals surface area (Å²) in [7, 11) is 0. The van der Waals surface area contributed by atoms with E-state index in [4.69, 9.17) is 33.5 Å². The van der Waals surface area contributed by atoms with Gasteiger partial charge in [0.25, 0.3) is 5.91 Å². The Morgan fingerprint density at radius 3 is 2.83 bits per heavy atom. The molecular formula is C16H13Cl2N3O2S. The summed E-state index contributed by atoms with van der Waals surface area (Å²) in [6, 6.07) is 11.0. The van der Waals surface area contributed by atoms with Crippen LogP contribution in [-0.4, -0.2) is 17.6 Å². The van der Waals surface area contributed by atoms with E-state index in [0.717, 1.165) is 10.4 Å². The first kappa shape index (κ1) is 16.8. The standard InChI is InChI=1S/C16H13Cl2N3O2S/c17-10-3-1-2-9(8-10)6-7-20-16(22)13-14(21-23-15(13)19)11-4-5-12(18)24-11/h1-5,8H,6-7,19H2,(H,20,22). The summed E-state index contributed by atoms with van der Waals surface area (Å²) in [6.07, 6.45) is 0.650. The van der Waals surface area contributed by atoms with Crippen molar-refractivity contribution >= 4 is 46.3 Å². The van der Waals surface area contributed by atoms with E-state index in [0.29, 0.717) is 28.0 Å². The Hall–Kier alpha value is -2.02. The second-order valence-corrected chi connectivity index (χ2v) is 7.16. The van der Waals surface area contributed by atoms with Gasteiger partial charge in [0, 0.05) is 11.6 Å². The fraction of sp³-hybridized carbons (Fsp3) is 0.125. The van der Waals surface area contributed by atoms with Crippen LogP contribution in [-0.2, 0) is 6.42 Å². The number of nitrogens with one attached hydrogen (secondary N) is 1. The molecule has 0 fully saturated rings. The van der Waals surface area contributed by atoms with E-state index in [1.165, 1.54) is 11.3 Å². The van der Waals surface area contributed by atoms with Gasteiger partial charge in [-0.2, -0.15) is 0 Å². The first-order chi connectivity index (χ1) is 11.5. The number of amides is 1. The molecule has 8 heteroatoms. The van der Waals surface area contributed by atoms with Crippen molar-refractivity contribution in [2.45, 2.75) is 6.42 Å². The first-order valence-electron chi connectivity index (χ1n) is 7.08. The summed E-state index contributed by atoms with van der Waals surface area (Å²) in [5.41, 5.74) is 7.40. The highest BCUT2D eigenvalue weighted by Gasteiger charge is 2.23. The number of aromatic nitrogens is 1. The number of rotatable bonds is 5. The highest BCUT2D eigenvalue weighted by molar-refractivity contribution is 7.19. The summed E-state index contributed by atoms with van der Waals surface area (Å²) in [6.45, 7) is 0.439. The smallest absolute Gasteiger partial charge is 0.259 e. The maximum Gasteiger partial charge on any atom is 0.259 e. The largest absolute Gasteiger partial charge is 0.367 e. The third kappa shape index (κ3) is 3.72. The van der Waals surface area contributed by atoms with Gasteiger partial charge in [-0.25, -0.2) is 0 Å². The number of carbonyl (C=O) groups excluding carboxylic acids is 1. The summed E-state index contributed by atoms with van der Waals surface area (Å²) in [5, 5.41) is 7.36. The number of nitrogens with zero attached hydrogens (tertiary/aromatic N) is 1. The molecule has 0 atom stereocenters. The normalized spacial score (nSPS) is 10.8. The third-order valence-corrected chi connectivity index (χ3v) is 4.81. The number of benzene rings is 1. The van der Waals surface area contributed by atoms with Crippen LogP contribution in [0.1, 0.15) is 15.9 Å². The molecule has 0 aliphatic heterocycles.